The maximum Gasteiger partial charge on any atom is 0.133 e. The third-order valence-corrected chi connectivity index (χ3v) is 7.58. The van der Waals surface area contributed by atoms with Gasteiger partial charge < -0.3 is 0 Å². The summed E-state index contributed by atoms with van der Waals surface area (Å²) in [6.07, 6.45) is 15.8. The minimum atomic E-state index is 1.20. The van der Waals surface area contributed by atoms with Gasteiger partial charge in [0.2, 0.25) is 0 Å². The molecule has 0 radical (unpaired) electrons. The van der Waals surface area contributed by atoms with Crippen LogP contribution in [0.25, 0.3) is 0 Å². The first kappa shape index (κ1) is 29.2. The average Bonchev–Trinajstić information content (AvgIpc) is 2.84. The van der Waals surface area contributed by atoms with E-state index in [0.717, 1.165) is 0 Å². The molecule has 0 aliphatic heterocycles. The molecule has 1 aromatic carbocycles. The fourth-order valence-electron chi connectivity index (χ4n) is 5.30. The second kappa shape index (κ2) is 16.7. The van der Waals surface area contributed by atoms with Gasteiger partial charge in [-0.05, 0) is 38.5 Å². The molecule has 0 fully saturated rings. The van der Waals surface area contributed by atoms with E-state index in [1.54, 1.807) is 11.4 Å². The van der Waals surface area contributed by atoms with Crippen LogP contribution >= 0.6 is 0 Å². The second-order valence-corrected chi connectivity index (χ2v) is 10.3. The molecular weight excluding hydrogens is 388 g/mol. The van der Waals surface area contributed by atoms with E-state index in [-0.39, 0.29) is 0 Å². The summed E-state index contributed by atoms with van der Waals surface area (Å²) in [6, 6.07) is 10.1. The molecule has 0 unspecified atom stereocenters. The number of hydrogen-bond donors (Lipinski definition) is 0. The number of nitrogens with zero attached hydrogens (tertiary/aromatic N) is 2. The van der Waals surface area contributed by atoms with Crippen LogP contribution in [0.2, 0.25) is 0 Å². The largest absolute Gasteiger partial charge is 0.291 e. The van der Waals surface area contributed by atoms with Crippen molar-refractivity contribution in [1.29, 1.82) is 0 Å². The highest BCUT2D eigenvalue weighted by molar-refractivity contribution is 5.53. The molecule has 2 heteroatoms. The van der Waals surface area contributed by atoms with Gasteiger partial charge in [-0.1, -0.05) is 80.1 Å². The Balaban J connectivity index is 3.34. The summed E-state index contributed by atoms with van der Waals surface area (Å²) in [6.45, 7) is 21.9. The van der Waals surface area contributed by atoms with E-state index in [0.29, 0.717) is 0 Å². The third kappa shape index (κ3) is 8.82. The van der Waals surface area contributed by atoms with E-state index in [1.807, 2.05) is 0 Å². The quantitative estimate of drug-likeness (QED) is 0.175. The number of hydrogen-bond acceptors (Lipinski definition) is 0. The minimum absolute atomic E-state index is 1.20. The van der Waals surface area contributed by atoms with Gasteiger partial charge in [0.15, 0.2) is 0 Å². The summed E-state index contributed by atoms with van der Waals surface area (Å²) < 4.78 is 2.41. The van der Waals surface area contributed by atoms with Gasteiger partial charge >= 0.3 is 0 Å². The average molecular weight is 447 g/mol. The Kier molecular flexibility index (Phi) is 15.2. The van der Waals surface area contributed by atoms with Crippen molar-refractivity contribution in [2.45, 2.75) is 119 Å². The van der Waals surface area contributed by atoms with E-state index in [1.165, 1.54) is 125 Å². The highest BCUT2D eigenvalue weighted by atomic mass is 15.4. The van der Waals surface area contributed by atoms with Gasteiger partial charge in [-0.3, -0.25) is 8.97 Å². The molecule has 0 amide bonds. The lowest BCUT2D eigenvalue weighted by Gasteiger charge is -2.41. The molecule has 0 N–H and O–H groups in total. The summed E-state index contributed by atoms with van der Waals surface area (Å²) in [7, 11) is 0. The Morgan fingerprint density at radius 1 is 0.375 bits per heavy atom. The van der Waals surface area contributed by atoms with Crippen LogP contribution in [-0.2, 0) is 0 Å². The van der Waals surface area contributed by atoms with Crippen molar-refractivity contribution in [2.24, 2.45) is 0 Å². The van der Waals surface area contributed by atoms with Crippen LogP contribution < -0.4 is 8.97 Å². The molecule has 0 saturated carbocycles. The number of quaternary nitrogens is 2. The van der Waals surface area contributed by atoms with E-state index >= 15 is 0 Å². The van der Waals surface area contributed by atoms with Crippen LogP contribution in [0.15, 0.2) is 24.3 Å². The molecule has 0 atom stereocenters. The SMILES string of the molecule is CCCC[N+](CCCC)(CCCC)c1ccc([N+](CCCC)(CCCC)CCCC)cc1. The van der Waals surface area contributed by atoms with Gasteiger partial charge in [0.1, 0.15) is 11.4 Å². The number of unbranched alkanes of at least 4 members (excludes halogenated alkanes) is 6. The summed E-state index contributed by atoms with van der Waals surface area (Å²) in [4.78, 5) is 0. The van der Waals surface area contributed by atoms with E-state index in [2.05, 4.69) is 65.8 Å². The molecule has 0 spiro atoms. The van der Waals surface area contributed by atoms with Gasteiger partial charge in [-0.15, -0.1) is 0 Å². The Labute approximate surface area is 202 Å². The monoisotopic (exact) mass is 446 g/mol. The third-order valence-electron chi connectivity index (χ3n) is 7.58. The normalized spacial score (nSPS) is 12.4. The fourth-order valence-corrected chi connectivity index (χ4v) is 5.30. The maximum absolute atomic E-state index is 2.53. The van der Waals surface area contributed by atoms with Gasteiger partial charge in [-0.2, -0.15) is 0 Å². The molecule has 1 rings (SSSR count). The van der Waals surface area contributed by atoms with Crippen LogP contribution in [0.5, 0.6) is 0 Å². The molecule has 1 aromatic rings. The van der Waals surface area contributed by atoms with Crippen LogP contribution in [0, 0.1) is 0 Å². The fraction of sp³-hybridized carbons (Fsp3) is 0.800. The van der Waals surface area contributed by atoms with Crippen LogP contribution in [0.3, 0.4) is 0 Å². The van der Waals surface area contributed by atoms with Crippen LogP contribution in [0.1, 0.15) is 119 Å². The van der Waals surface area contributed by atoms with E-state index in [4.69, 9.17) is 0 Å². The van der Waals surface area contributed by atoms with Crippen molar-refractivity contribution >= 4 is 11.4 Å². The Morgan fingerprint density at radius 3 is 0.719 bits per heavy atom. The topological polar surface area (TPSA) is 0 Å². The standard InChI is InChI=1S/C30H58N2/c1-7-13-23-31(24-14-8-2,25-15-9-3)29-19-21-30(22-20-29)32(26-16-10-4,27-17-11-5)28-18-12-6/h19-22H,7-18,23-28H2,1-6H3/q+2. The summed E-state index contributed by atoms with van der Waals surface area (Å²) >= 11 is 0. The van der Waals surface area contributed by atoms with Crippen LogP contribution in [0.4, 0.5) is 11.4 Å². The Hall–Kier alpha value is -0.860. The van der Waals surface area contributed by atoms with Crippen molar-refractivity contribution in [3.63, 3.8) is 0 Å². The molecule has 0 heterocycles. The zero-order chi connectivity index (χ0) is 23.7. The second-order valence-electron chi connectivity index (χ2n) is 10.3. The molecule has 0 bridgehead atoms. The highest BCUT2D eigenvalue weighted by Gasteiger charge is 2.32. The minimum Gasteiger partial charge on any atom is -0.291 e. The Bertz CT molecular complexity index is 468. The van der Waals surface area contributed by atoms with E-state index < -0.39 is 0 Å². The first-order valence-corrected chi connectivity index (χ1v) is 14.4. The zero-order valence-corrected chi connectivity index (χ0v) is 22.9. The predicted molar refractivity (Wildman–Crippen MR) is 149 cm³/mol. The smallest absolute Gasteiger partial charge is 0.133 e. The van der Waals surface area contributed by atoms with Crippen molar-refractivity contribution in [1.82, 2.24) is 8.97 Å². The first-order chi connectivity index (χ1) is 15.6. The molecule has 186 valence electrons. The lowest BCUT2D eigenvalue weighted by molar-refractivity contribution is 0.255. The first-order valence-electron chi connectivity index (χ1n) is 14.4. The number of rotatable bonds is 20. The lowest BCUT2D eigenvalue weighted by Crippen LogP contribution is -2.52. The highest BCUT2D eigenvalue weighted by Crippen LogP contribution is 2.32. The van der Waals surface area contributed by atoms with Crippen molar-refractivity contribution in [2.75, 3.05) is 39.3 Å². The molecular formula is C30H58N2+2. The maximum atomic E-state index is 2.53. The predicted octanol–water partition coefficient (Wildman–Crippen LogP) is 9.10. The molecule has 0 aliphatic rings. The number of benzene rings is 1. The van der Waals surface area contributed by atoms with Crippen molar-refractivity contribution in [3.05, 3.63) is 24.3 Å². The van der Waals surface area contributed by atoms with Gasteiger partial charge in [0, 0.05) is 24.3 Å². The van der Waals surface area contributed by atoms with Crippen molar-refractivity contribution < 1.29 is 0 Å². The summed E-state index contributed by atoms with van der Waals surface area (Å²) in [5.74, 6) is 0. The van der Waals surface area contributed by atoms with Crippen molar-refractivity contribution in [3.8, 4) is 0 Å². The van der Waals surface area contributed by atoms with E-state index in [9.17, 15) is 0 Å². The molecule has 0 saturated heterocycles. The lowest BCUT2D eigenvalue weighted by atomic mass is 10.1. The van der Waals surface area contributed by atoms with Gasteiger partial charge in [0.25, 0.3) is 0 Å². The van der Waals surface area contributed by atoms with Gasteiger partial charge in [0.05, 0.1) is 39.3 Å². The molecule has 0 aliphatic carbocycles. The van der Waals surface area contributed by atoms with Crippen LogP contribution in [-0.4, -0.2) is 39.3 Å². The molecule has 2 nitrogen and oxygen atoms in total. The zero-order valence-electron chi connectivity index (χ0n) is 22.9. The van der Waals surface area contributed by atoms with Gasteiger partial charge in [-0.25, -0.2) is 0 Å². The molecule has 32 heavy (non-hydrogen) atoms. The Morgan fingerprint density at radius 2 is 0.562 bits per heavy atom. The summed E-state index contributed by atoms with van der Waals surface area (Å²) in [5, 5.41) is 0. The molecule has 0 aromatic heterocycles. The summed E-state index contributed by atoms with van der Waals surface area (Å²) in [5.41, 5.74) is 3.15.